The average Bonchev–Trinajstić information content (AvgIpc) is 2.94. The summed E-state index contributed by atoms with van der Waals surface area (Å²) in [6.07, 6.45) is 7.84. The molecule has 2 aromatic rings. The Morgan fingerprint density at radius 3 is 3.00 bits per heavy atom. The molecule has 4 heterocycles. The quantitative estimate of drug-likeness (QED) is 0.869. The minimum absolute atomic E-state index is 0.570. The van der Waals surface area contributed by atoms with Gasteiger partial charge in [-0.3, -0.25) is 0 Å². The fraction of sp³-hybridized carbons (Fsp3) is 0.647. The highest BCUT2D eigenvalue weighted by Gasteiger charge is 2.24. The van der Waals surface area contributed by atoms with E-state index in [2.05, 4.69) is 27.4 Å². The first-order chi connectivity index (χ1) is 10.9. The van der Waals surface area contributed by atoms with Crippen molar-refractivity contribution in [3.05, 3.63) is 24.2 Å². The molecule has 5 heteroatoms. The molecular weight excluding hydrogens is 294 g/mol. The van der Waals surface area contributed by atoms with Gasteiger partial charge >= 0.3 is 0 Å². The lowest BCUT2D eigenvalue weighted by molar-refractivity contribution is 0.0539. The van der Waals surface area contributed by atoms with Gasteiger partial charge in [-0.05, 0) is 55.2 Å². The van der Waals surface area contributed by atoms with Crippen LogP contribution in [0.4, 0.5) is 0 Å². The fourth-order valence-corrected chi connectivity index (χ4v) is 4.76. The number of fused-ring (bicyclic) bond motifs is 1. The molecule has 2 aromatic heterocycles. The number of hydrogen-bond acceptors (Lipinski definition) is 4. The number of rotatable bonds is 3. The van der Waals surface area contributed by atoms with E-state index in [4.69, 9.17) is 9.72 Å². The summed E-state index contributed by atoms with van der Waals surface area (Å²) in [5, 5.41) is 0. The molecule has 0 bridgehead atoms. The van der Waals surface area contributed by atoms with E-state index in [1.807, 2.05) is 12.3 Å². The van der Waals surface area contributed by atoms with Crippen LogP contribution in [0.15, 0.2) is 18.3 Å². The molecule has 1 unspecified atom stereocenters. The summed E-state index contributed by atoms with van der Waals surface area (Å²) in [4.78, 5) is 9.55. The molecule has 0 aliphatic carbocycles. The van der Waals surface area contributed by atoms with Crippen LogP contribution in [0.3, 0.4) is 0 Å². The van der Waals surface area contributed by atoms with Gasteiger partial charge in [0, 0.05) is 31.9 Å². The van der Waals surface area contributed by atoms with Crippen molar-refractivity contribution in [2.24, 2.45) is 5.92 Å². The molecule has 22 heavy (non-hydrogen) atoms. The van der Waals surface area contributed by atoms with Crippen LogP contribution in [0, 0.1) is 5.92 Å². The number of ether oxygens (including phenoxy) is 1. The van der Waals surface area contributed by atoms with E-state index in [-0.39, 0.29) is 0 Å². The monoisotopic (exact) mass is 317 g/mol. The van der Waals surface area contributed by atoms with Crippen LogP contribution in [-0.2, 0) is 11.2 Å². The van der Waals surface area contributed by atoms with Gasteiger partial charge in [0.2, 0.25) is 0 Å². The highest BCUT2D eigenvalue weighted by atomic mass is 32.2. The molecule has 2 aliphatic rings. The van der Waals surface area contributed by atoms with Crippen molar-refractivity contribution in [2.45, 2.75) is 38.1 Å². The van der Waals surface area contributed by atoms with E-state index in [1.54, 1.807) is 0 Å². The van der Waals surface area contributed by atoms with Crippen molar-refractivity contribution in [3.8, 4) is 0 Å². The van der Waals surface area contributed by atoms with Gasteiger partial charge in [-0.1, -0.05) is 0 Å². The normalized spacial score (nSPS) is 23.9. The molecule has 2 saturated heterocycles. The molecule has 118 valence electrons. The second kappa shape index (κ2) is 6.59. The third-order valence-electron chi connectivity index (χ3n) is 4.80. The van der Waals surface area contributed by atoms with Crippen LogP contribution >= 0.6 is 11.8 Å². The van der Waals surface area contributed by atoms with Gasteiger partial charge in [-0.15, -0.1) is 0 Å². The number of nitrogens with zero attached hydrogens (tertiary/aromatic N) is 3. The minimum Gasteiger partial charge on any atom is -0.381 e. The average molecular weight is 317 g/mol. The van der Waals surface area contributed by atoms with Crippen LogP contribution in [0.1, 0.15) is 37.5 Å². The Balaban J connectivity index is 1.68. The zero-order chi connectivity index (χ0) is 14.8. The third-order valence-corrected chi connectivity index (χ3v) is 5.85. The maximum Gasteiger partial charge on any atom is 0.160 e. The fourth-order valence-electron chi connectivity index (χ4n) is 3.67. The summed E-state index contributed by atoms with van der Waals surface area (Å²) in [5.41, 5.74) is 2.12. The van der Waals surface area contributed by atoms with Gasteiger partial charge < -0.3 is 9.30 Å². The topological polar surface area (TPSA) is 39.9 Å². The van der Waals surface area contributed by atoms with Gasteiger partial charge in [-0.2, -0.15) is 11.8 Å². The molecule has 0 radical (unpaired) electrons. The van der Waals surface area contributed by atoms with Crippen molar-refractivity contribution in [1.29, 1.82) is 0 Å². The zero-order valence-corrected chi connectivity index (χ0v) is 13.7. The van der Waals surface area contributed by atoms with E-state index in [1.165, 1.54) is 43.0 Å². The molecule has 0 N–H and O–H groups in total. The Bertz CT molecular complexity index is 630. The molecule has 2 fully saturated rings. The first-order valence-corrected chi connectivity index (χ1v) is 9.54. The SMILES string of the molecule is c1cnc2c(c1)nc(CC1CCCOC1)n2C1CCSCC1. The smallest absolute Gasteiger partial charge is 0.160 e. The zero-order valence-electron chi connectivity index (χ0n) is 12.9. The molecule has 1 atom stereocenters. The standard InChI is InChI=1S/C17H23N3OS/c1-4-15-17(18-7-1)20(14-5-9-22-10-6-14)16(19-15)11-13-3-2-8-21-12-13/h1,4,7,13-14H,2-3,5-6,8-12H2. The van der Waals surface area contributed by atoms with Crippen LogP contribution in [0.25, 0.3) is 11.2 Å². The molecule has 0 saturated carbocycles. The summed E-state index contributed by atoms with van der Waals surface area (Å²) in [6, 6.07) is 4.65. The number of pyridine rings is 1. The van der Waals surface area contributed by atoms with Gasteiger partial charge in [0.15, 0.2) is 5.65 Å². The first kappa shape index (κ1) is 14.5. The largest absolute Gasteiger partial charge is 0.381 e. The van der Waals surface area contributed by atoms with E-state index < -0.39 is 0 Å². The van der Waals surface area contributed by atoms with Crippen molar-refractivity contribution < 1.29 is 4.74 Å². The molecule has 0 amide bonds. The number of imidazole rings is 1. The highest BCUT2D eigenvalue weighted by molar-refractivity contribution is 7.99. The molecule has 4 nitrogen and oxygen atoms in total. The lowest BCUT2D eigenvalue weighted by Gasteiger charge is -2.27. The molecule has 4 rings (SSSR count). The van der Waals surface area contributed by atoms with Crippen LogP contribution < -0.4 is 0 Å². The summed E-state index contributed by atoms with van der Waals surface area (Å²) in [5.74, 6) is 4.34. The molecule has 0 aromatic carbocycles. The molecular formula is C17H23N3OS. The summed E-state index contributed by atoms with van der Waals surface area (Å²) >= 11 is 2.07. The van der Waals surface area contributed by atoms with E-state index in [9.17, 15) is 0 Å². The minimum atomic E-state index is 0.570. The lowest BCUT2D eigenvalue weighted by atomic mass is 9.98. The van der Waals surface area contributed by atoms with Crippen molar-refractivity contribution in [1.82, 2.24) is 14.5 Å². The number of hydrogen-bond donors (Lipinski definition) is 0. The predicted octanol–water partition coefficient (Wildman–Crippen LogP) is 3.47. The first-order valence-electron chi connectivity index (χ1n) is 8.39. The Morgan fingerprint density at radius 1 is 1.27 bits per heavy atom. The maximum absolute atomic E-state index is 5.66. The number of aromatic nitrogens is 3. The Labute approximate surface area is 135 Å². The van der Waals surface area contributed by atoms with E-state index >= 15 is 0 Å². The summed E-state index contributed by atoms with van der Waals surface area (Å²) < 4.78 is 8.11. The van der Waals surface area contributed by atoms with Gasteiger partial charge in [-0.25, -0.2) is 9.97 Å². The Kier molecular flexibility index (Phi) is 4.35. The lowest BCUT2D eigenvalue weighted by Crippen LogP contribution is -2.23. The van der Waals surface area contributed by atoms with Crippen molar-refractivity contribution in [2.75, 3.05) is 24.7 Å². The van der Waals surface area contributed by atoms with E-state index in [0.717, 1.165) is 30.8 Å². The highest BCUT2D eigenvalue weighted by Crippen LogP contribution is 2.32. The maximum atomic E-state index is 5.66. The second-order valence-electron chi connectivity index (χ2n) is 6.38. The Morgan fingerprint density at radius 2 is 2.18 bits per heavy atom. The summed E-state index contributed by atoms with van der Waals surface area (Å²) in [7, 11) is 0. The van der Waals surface area contributed by atoms with Gasteiger partial charge in [0.05, 0.1) is 0 Å². The molecule has 0 spiro atoms. The van der Waals surface area contributed by atoms with Crippen molar-refractivity contribution in [3.63, 3.8) is 0 Å². The van der Waals surface area contributed by atoms with Gasteiger partial charge in [0.25, 0.3) is 0 Å². The second-order valence-corrected chi connectivity index (χ2v) is 7.60. The Hall–Kier alpha value is -1.07. The predicted molar refractivity (Wildman–Crippen MR) is 90.4 cm³/mol. The van der Waals surface area contributed by atoms with E-state index in [0.29, 0.717) is 12.0 Å². The number of thioether (sulfide) groups is 1. The third kappa shape index (κ3) is 2.88. The summed E-state index contributed by atoms with van der Waals surface area (Å²) in [6.45, 7) is 1.81. The van der Waals surface area contributed by atoms with Crippen LogP contribution in [0.2, 0.25) is 0 Å². The van der Waals surface area contributed by atoms with Gasteiger partial charge in [0.1, 0.15) is 11.3 Å². The van der Waals surface area contributed by atoms with Crippen LogP contribution in [-0.4, -0.2) is 39.3 Å². The molecule has 2 aliphatic heterocycles. The van der Waals surface area contributed by atoms with Crippen molar-refractivity contribution >= 4 is 22.9 Å². The van der Waals surface area contributed by atoms with Crippen LogP contribution in [0.5, 0.6) is 0 Å².